The van der Waals surface area contributed by atoms with E-state index in [1.165, 1.54) is 23.5 Å². The highest BCUT2D eigenvalue weighted by molar-refractivity contribution is 6.05. The molecule has 1 amide bonds. The number of nitrogens with one attached hydrogen (secondary N) is 1. The number of carbonyl (C=O) groups is 1. The van der Waals surface area contributed by atoms with E-state index in [0.717, 1.165) is 0 Å². The Kier molecular flexibility index (Phi) is 5.68. The molecule has 1 N–H and O–H groups in total. The number of anilines is 1. The van der Waals surface area contributed by atoms with E-state index in [1.54, 1.807) is 24.3 Å². The van der Waals surface area contributed by atoms with Crippen molar-refractivity contribution in [2.75, 3.05) is 5.32 Å². The standard InChI is InChI=1S/C22H23F2N3O2/c1-22(2,3)14-9-11-15(12-10-14)29-18-8-6-5-7-17(18)25-21(28)16-13-27(4)26-19(16)20(23)24/h5-13,20H,1-4H3,(H,25,28). The summed E-state index contributed by atoms with van der Waals surface area (Å²) in [6.07, 6.45) is -1.57. The van der Waals surface area contributed by atoms with Crippen LogP contribution in [0.5, 0.6) is 11.5 Å². The van der Waals surface area contributed by atoms with Gasteiger partial charge in [-0.15, -0.1) is 0 Å². The summed E-state index contributed by atoms with van der Waals surface area (Å²) in [4.78, 5) is 12.6. The summed E-state index contributed by atoms with van der Waals surface area (Å²) in [5, 5.41) is 6.31. The number of benzene rings is 2. The third kappa shape index (κ3) is 4.80. The highest BCUT2D eigenvalue weighted by atomic mass is 19.3. The number of rotatable bonds is 5. The van der Waals surface area contributed by atoms with Crippen LogP contribution in [0.25, 0.3) is 0 Å². The van der Waals surface area contributed by atoms with Crippen LogP contribution in [-0.2, 0) is 12.5 Å². The van der Waals surface area contributed by atoms with Crippen LogP contribution in [0.1, 0.15) is 48.8 Å². The van der Waals surface area contributed by atoms with Crippen LogP contribution in [0, 0.1) is 0 Å². The average Bonchev–Trinajstić information content (AvgIpc) is 3.05. The third-order valence-corrected chi connectivity index (χ3v) is 4.39. The van der Waals surface area contributed by atoms with E-state index >= 15 is 0 Å². The summed E-state index contributed by atoms with van der Waals surface area (Å²) in [6.45, 7) is 6.37. The van der Waals surface area contributed by atoms with Crippen molar-refractivity contribution in [2.45, 2.75) is 32.6 Å². The van der Waals surface area contributed by atoms with Crippen LogP contribution in [0.3, 0.4) is 0 Å². The summed E-state index contributed by atoms with van der Waals surface area (Å²) in [5.41, 5.74) is 0.841. The minimum Gasteiger partial charge on any atom is -0.455 e. The van der Waals surface area contributed by atoms with Crippen LogP contribution in [0.4, 0.5) is 14.5 Å². The number of aromatic nitrogens is 2. The number of aryl methyl sites for hydroxylation is 1. The molecule has 5 nitrogen and oxygen atoms in total. The lowest BCUT2D eigenvalue weighted by atomic mass is 9.87. The molecule has 0 aliphatic rings. The van der Waals surface area contributed by atoms with Gasteiger partial charge < -0.3 is 10.1 Å². The highest BCUT2D eigenvalue weighted by Gasteiger charge is 2.23. The van der Waals surface area contributed by atoms with E-state index in [2.05, 4.69) is 31.2 Å². The van der Waals surface area contributed by atoms with Crippen LogP contribution >= 0.6 is 0 Å². The molecule has 0 atom stereocenters. The molecule has 0 radical (unpaired) electrons. The molecule has 3 aromatic rings. The fraction of sp³-hybridized carbons (Fsp3) is 0.273. The third-order valence-electron chi connectivity index (χ3n) is 4.39. The van der Waals surface area contributed by atoms with Crippen LogP contribution in [-0.4, -0.2) is 15.7 Å². The monoisotopic (exact) mass is 399 g/mol. The largest absolute Gasteiger partial charge is 0.455 e. The van der Waals surface area contributed by atoms with Gasteiger partial charge >= 0.3 is 0 Å². The topological polar surface area (TPSA) is 56.2 Å². The van der Waals surface area contributed by atoms with E-state index in [1.807, 2.05) is 24.3 Å². The molecular weight excluding hydrogens is 376 g/mol. The number of hydrogen-bond donors (Lipinski definition) is 1. The molecule has 152 valence electrons. The first-order chi connectivity index (χ1) is 13.6. The Morgan fingerprint density at radius 2 is 1.76 bits per heavy atom. The van der Waals surface area contributed by atoms with Crippen molar-refractivity contribution in [3.8, 4) is 11.5 Å². The van der Waals surface area contributed by atoms with Gasteiger partial charge in [0.2, 0.25) is 0 Å². The van der Waals surface area contributed by atoms with Crippen molar-refractivity contribution in [3.63, 3.8) is 0 Å². The van der Waals surface area contributed by atoms with E-state index < -0.39 is 18.0 Å². The number of amides is 1. The zero-order chi connectivity index (χ0) is 21.2. The van der Waals surface area contributed by atoms with Gasteiger partial charge in [0.25, 0.3) is 12.3 Å². The molecular formula is C22H23F2N3O2. The van der Waals surface area contributed by atoms with E-state index in [9.17, 15) is 13.6 Å². The Labute approximate surface area is 168 Å². The second-order valence-corrected chi connectivity index (χ2v) is 7.73. The fourth-order valence-electron chi connectivity index (χ4n) is 2.84. The summed E-state index contributed by atoms with van der Waals surface area (Å²) >= 11 is 0. The van der Waals surface area contributed by atoms with Gasteiger partial charge in [-0.25, -0.2) is 8.78 Å². The summed E-state index contributed by atoms with van der Waals surface area (Å²) in [7, 11) is 1.49. The fourth-order valence-corrected chi connectivity index (χ4v) is 2.84. The first-order valence-corrected chi connectivity index (χ1v) is 9.15. The molecule has 3 rings (SSSR count). The number of hydrogen-bond acceptors (Lipinski definition) is 3. The minimum absolute atomic E-state index is 0.0243. The molecule has 0 unspecified atom stereocenters. The average molecular weight is 399 g/mol. The number of halogens is 2. The summed E-state index contributed by atoms with van der Waals surface area (Å²) in [6, 6.07) is 14.5. The predicted molar refractivity (Wildman–Crippen MR) is 108 cm³/mol. The van der Waals surface area contributed by atoms with Gasteiger partial charge in [0, 0.05) is 13.2 Å². The van der Waals surface area contributed by atoms with Gasteiger partial charge in [-0.2, -0.15) is 5.10 Å². The van der Waals surface area contributed by atoms with Crippen LogP contribution in [0.15, 0.2) is 54.7 Å². The van der Waals surface area contributed by atoms with Gasteiger partial charge in [0.05, 0.1) is 11.3 Å². The Morgan fingerprint density at radius 1 is 1.10 bits per heavy atom. The molecule has 0 aliphatic carbocycles. The Balaban J connectivity index is 1.82. The second kappa shape index (κ2) is 8.03. The van der Waals surface area contributed by atoms with Crippen molar-refractivity contribution < 1.29 is 18.3 Å². The maximum Gasteiger partial charge on any atom is 0.282 e. The number of carbonyl (C=O) groups excluding carboxylic acids is 1. The molecule has 0 fully saturated rings. The number of ether oxygens (including phenoxy) is 1. The molecule has 1 heterocycles. The second-order valence-electron chi connectivity index (χ2n) is 7.73. The zero-order valence-electron chi connectivity index (χ0n) is 16.7. The smallest absolute Gasteiger partial charge is 0.282 e. The summed E-state index contributed by atoms with van der Waals surface area (Å²) < 4.78 is 33.4. The molecule has 0 saturated heterocycles. The lowest BCUT2D eigenvalue weighted by Gasteiger charge is -2.19. The predicted octanol–water partition coefficient (Wildman–Crippen LogP) is 5.70. The van der Waals surface area contributed by atoms with Gasteiger partial charge in [-0.3, -0.25) is 9.48 Å². The lowest BCUT2D eigenvalue weighted by molar-refractivity contribution is 0.101. The van der Waals surface area contributed by atoms with Crippen molar-refractivity contribution in [1.82, 2.24) is 9.78 Å². The molecule has 0 saturated carbocycles. The molecule has 29 heavy (non-hydrogen) atoms. The normalized spacial score (nSPS) is 11.6. The Morgan fingerprint density at radius 3 is 2.38 bits per heavy atom. The Hall–Kier alpha value is -3.22. The highest BCUT2D eigenvalue weighted by Crippen LogP contribution is 2.32. The maximum absolute atomic E-state index is 13.1. The number of alkyl halides is 2. The molecule has 0 spiro atoms. The van der Waals surface area contributed by atoms with Crippen molar-refractivity contribution in [3.05, 3.63) is 71.5 Å². The molecule has 2 aromatic carbocycles. The lowest BCUT2D eigenvalue weighted by Crippen LogP contribution is -2.14. The molecule has 0 aliphatic heterocycles. The van der Waals surface area contributed by atoms with Gasteiger partial charge in [-0.05, 0) is 35.2 Å². The maximum atomic E-state index is 13.1. The molecule has 7 heteroatoms. The summed E-state index contributed by atoms with van der Waals surface area (Å²) in [5.74, 6) is 0.341. The number of para-hydroxylation sites is 2. The van der Waals surface area contributed by atoms with Crippen LogP contribution < -0.4 is 10.1 Å². The first kappa shape index (κ1) is 20.5. The van der Waals surface area contributed by atoms with Crippen molar-refractivity contribution >= 4 is 11.6 Å². The minimum atomic E-state index is -2.84. The van der Waals surface area contributed by atoms with E-state index in [-0.39, 0.29) is 11.0 Å². The quantitative estimate of drug-likeness (QED) is 0.599. The first-order valence-electron chi connectivity index (χ1n) is 9.15. The van der Waals surface area contributed by atoms with Gasteiger partial charge in [0.15, 0.2) is 5.75 Å². The molecule has 1 aromatic heterocycles. The zero-order valence-corrected chi connectivity index (χ0v) is 16.7. The van der Waals surface area contributed by atoms with Crippen molar-refractivity contribution in [1.29, 1.82) is 0 Å². The van der Waals surface area contributed by atoms with Gasteiger partial charge in [0.1, 0.15) is 11.4 Å². The van der Waals surface area contributed by atoms with E-state index in [0.29, 0.717) is 17.2 Å². The van der Waals surface area contributed by atoms with Crippen LogP contribution in [0.2, 0.25) is 0 Å². The van der Waals surface area contributed by atoms with Gasteiger partial charge in [-0.1, -0.05) is 45.0 Å². The molecule has 0 bridgehead atoms. The Bertz CT molecular complexity index is 1010. The van der Waals surface area contributed by atoms with E-state index in [4.69, 9.17) is 4.74 Å². The SMILES string of the molecule is Cn1cc(C(=O)Nc2ccccc2Oc2ccc(C(C)(C)C)cc2)c(C(F)F)n1. The number of nitrogens with zero attached hydrogens (tertiary/aromatic N) is 2. The van der Waals surface area contributed by atoms with Crippen molar-refractivity contribution in [2.24, 2.45) is 7.05 Å².